The Kier molecular flexibility index (Phi) is 8.85. The highest BCUT2D eigenvalue weighted by Gasteiger charge is 2.40. The molecule has 1 unspecified atom stereocenters. The lowest BCUT2D eigenvalue weighted by atomic mass is 10.0. The monoisotopic (exact) mass is 503 g/mol. The van der Waals surface area contributed by atoms with Crippen LogP contribution >= 0.6 is 8.25 Å². The van der Waals surface area contributed by atoms with Gasteiger partial charge in [-0.1, -0.05) is 0 Å². The van der Waals surface area contributed by atoms with Crippen LogP contribution in [-0.2, 0) is 39.7 Å². The normalized spacial score (nSPS) is 14.8. The quantitative estimate of drug-likeness (QED) is 0.205. The van der Waals surface area contributed by atoms with Gasteiger partial charge in [0.25, 0.3) is 0 Å². The number of alkyl halides is 3. The molecule has 0 spiro atoms. The summed E-state index contributed by atoms with van der Waals surface area (Å²) in [4.78, 5) is 22.5. The summed E-state index contributed by atoms with van der Waals surface area (Å²) in [6, 6.07) is 0.394. The van der Waals surface area contributed by atoms with E-state index in [1.165, 1.54) is 4.90 Å². The topological polar surface area (TPSA) is 147 Å². The van der Waals surface area contributed by atoms with E-state index in [-0.39, 0.29) is 31.9 Å². The van der Waals surface area contributed by atoms with Gasteiger partial charge >= 0.3 is 14.4 Å². The Hall–Kier alpha value is -2.65. The number of hydrogen-bond donors (Lipinski definition) is 2. The minimum atomic E-state index is -4.65. The second-order valence-corrected chi connectivity index (χ2v) is 7.31. The number of rotatable bonds is 5. The van der Waals surface area contributed by atoms with Crippen LogP contribution in [0, 0.1) is 17.5 Å². The SMILES string of the molecule is N[C@@H](CC(=O)N1CCn2c(nnc2C(F)(F)F)C1)Cc1c(F)ccc(F)c1F.O=[P+]([O-])OO. The predicted molar refractivity (Wildman–Crippen MR) is 94.4 cm³/mol. The Bertz CT molecular complexity index is 1020. The molecule has 3 N–H and O–H groups in total. The maximum atomic E-state index is 13.7. The third-order valence-electron chi connectivity index (χ3n) is 4.47. The van der Waals surface area contributed by atoms with E-state index in [1.807, 2.05) is 0 Å². The fourth-order valence-corrected chi connectivity index (χ4v) is 3.02. The number of nitrogens with two attached hydrogens (primary N) is 1. The largest absolute Gasteiger partial charge is 0.565 e. The molecule has 0 fully saturated rings. The fourth-order valence-electron chi connectivity index (χ4n) is 3.02. The van der Waals surface area contributed by atoms with Crippen molar-refractivity contribution in [3.05, 3.63) is 46.8 Å². The van der Waals surface area contributed by atoms with E-state index in [2.05, 4.69) is 14.9 Å². The van der Waals surface area contributed by atoms with Crippen LogP contribution in [0.4, 0.5) is 26.3 Å². The molecular formula is C16H16F6N5O5P. The Morgan fingerprint density at radius 3 is 2.42 bits per heavy atom. The molecule has 0 radical (unpaired) electrons. The first-order valence-electron chi connectivity index (χ1n) is 8.96. The van der Waals surface area contributed by atoms with Crippen molar-refractivity contribution in [1.82, 2.24) is 19.7 Å². The number of amides is 1. The minimum Gasteiger partial charge on any atom is -0.565 e. The van der Waals surface area contributed by atoms with Gasteiger partial charge in [-0.3, -0.25) is 4.79 Å². The van der Waals surface area contributed by atoms with E-state index in [1.54, 1.807) is 0 Å². The Morgan fingerprint density at radius 1 is 1.24 bits per heavy atom. The van der Waals surface area contributed by atoms with Crippen molar-refractivity contribution < 1.29 is 50.5 Å². The van der Waals surface area contributed by atoms with Crippen LogP contribution in [0.5, 0.6) is 0 Å². The van der Waals surface area contributed by atoms with Crippen molar-refractivity contribution in [1.29, 1.82) is 0 Å². The molecule has 33 heavy (non-hydrogen) atoms. The summed E-state index contributed by atoms with van der Waals surface area (Å²) in [6.07, 6.45) is -5.39. The van der Waals surface area contributed by atoms with E-state index in [4.69, 9.17) is 20.4 Å². The maximum Gasteiger partial charge on any atom is 0.521 e. The lowest BCUT2D eigenvalue weighted by Crippen LogP contribution is -2.42. The summed E-state index contributed by atoms with van der Waals surface area (Å²) < 4.78 is 91.6. The standard InChI is InChI=1S/C16H15F6N5O.HO4P/c17-10-1-2-11(18)14(19)9(10)5-8(23)6-13(28)26-3-4-27-12(7-26)24-25-15(27)16(20,21)22;1-4-5(2)3/h1-2,8H,3-7,23H2;1H/t8-;/m1./s1. The first-order chi connectivity index (χ1) is 15.3. The predicted octanol–water partition coefficient (Wildman–Crippen LogP) is 1.51. The highest BCUT2D eigenvalue weighted by molar-refractivity contribution is 7.30. The molecule has 17 heteroatoms. The number of carbonyl (C=O) groups excluding carboxylic acids is 1. The maximum absolute atomic E-state index is 13.7. The van der Waals surface area contributed by atoms with Gasteiger partial charge in [-0.25, -0.2) is 18.4 Å². The molecule has 0 bridgehead atoms. The highest BCUT2D eigenvalue weighted by atomic mass is 31.1. The third-order valence-corrected chi connectivity index (χ3v) is 4.60. The lowest BCUT2D eigenvalue weighted by Gasteiger charge is -2.29. The average molecular weight is 503 g/mol. The van der Waals surface area contributed by atoms with Gasteiger partial charge in [-0.15, -0.1) is 10.2 Å². The average Bonchev–Trinajstić information content (AvgIpc) is 3.18. The fraction of sp³-hybridized carbons (Fsp3) is 0.438. The van der Waals surface area contributed by atoms with Crippen molar-refractivity contribution in [2.24, 2.45) is 5.73 Å². The first-order valence-corrected chi connectivity index (χ1v) is 10.1. The van der Waals surface area contributed by atoms with Gasteiger partial charge in [-0.05, 0) is 23.1 Å². The summed E-state index contributed by atoms with van der Waals surface area (Å²) in [5.41, 5.74) is 5.21. The molecule has 182 valence electrons. The van der Waals surface area contributed by atoms with E-state index in [9.17, 15) is 31.1 Å². The number of benzene rings is 1. The smallest absolute Gasteiger partial charge is 0.521 e. The zero-order valence-corrected chi connectivity index (χ0v) is 17.3. The zero-order chi connectivity index (χ0) is 24.9. The van der Waals surface area contributed by atoms with Crippen molar-refractivity contribution in [3.8, 4) is 0 Å². The molecule has 3 rings (SSSR count). The molecule has 1 aliphatic rings. The number of aromatic nitrogens is 3. The lowest BCUT2D eigenvalue weighted by molar-refractivity contribution is -0.244. The molecule has 1 aliphatic heterocycles. The molecule has 0 aliphatic carbocycles. The van der Waals surface area contributed by atoms with E-state index in [0.29, 0.717) is 6.07 Å². The molecule has 10 nitrogen and oxygen atoms in total. The number of hydrogen-bond acceptors (Lipinski definition) is 8. The second-order valence-electron chi connectivity index (χ2n) is 6.70. The molecule has 2 atom stereocenters. The summed E-state index contributed by atoms with van der Waals surface area (Å²) in [5, 5.41) is 13.6. The number of carbonyl (C=O) groups is 1. The van der Waals surface area contributed by atoms with Gasteiger partial charge < -0.3 is 20.1 Å². The van der Waals surface area contributed by atoms with Gasteiger partial charge in [0.15, 0.2) is 17.5 Å². The van der Waals surface area contributed by atoms with Crippen molar-refractivity contribution >= 4 is 14.2 Å². The van der Waals surface area contributed by atoms with Crippen LogP contribution in [0.25, 0.3) is 0 Å². The molecule has 1 aromatic carbocycles. The van der Waals surface area contributed by atoms with Gasteiger partial charge in [0.2, 0.25) is 11.7 Å². The number of fused-ring (bicyclic) bond motifs is 1. The Labute approximate surface area is 182 Å². The summed E-state index contributed by atoms with van der Waals surface area (Å²) >= 11 is 0. The Balaban J connectivity index is 0.000000696. The molecule has 0 saturated carbocycles. The van der Waals surface area contributed by atoms with Gasteiger partial charge in [0.1, 0.15) is 5.82 Å². The molecule has 1 amide bonds. The van der Waals surface area contributed by atoms with Gasteiger partial charge in [0.05, 0.1) is 6.54 Å². The van der Waals surface area contributed by atoms with Gasteiger partial charge in [-0.2, -0.15) is 13.2 Å². The van der Waals surface area contributed by atoms with Crippen LogP contribution in [0.3, 0.4) is 0 Å². The molecule has 1 aromatic heterocycles. The summed E-state index contributed by atoms with van der Waals surface area (Å²) in [6.45, 7) is -0.370. The van der Waals surface area contributed by atoms with Crippen molar-refractivity contribution in [2.75, 3.05) is 6.54 Å². The molecule has 0 saturated heterocycles. The highest BCUT2D eigenvalue weighted by Crippen LogP contribution is 2.29. The van der Waals surface area contributed by atoms with E-state index >= 15 is 0 Å². The number of nitrogens with zero attached hydrogens (tertiary/aromatic N) is 4. The van der Waals surface area contributed by atoms with Crippen LogP contribution < -0.4 is 10.6 Å². The first kappa shape index (κ1) is 26.6. The van der Waals surface area contributed by atoms with Crippen LogP contribution in [0.2, 0.25) is 0 Å². The van der Waals surface area contributed by atoms with Gasteiger partial charge in [0, 0.05) is 35.8 Å². The zero-order valence-electron chi connectivity index (χ0n) is 16.4. The summed E-state index contributed by atoms with van der Waals surface area (Å²) in [7, 11) is -3.04. The summed E-state index contributed by atoms with van der Waals surface area (Å²) in [5.74, 6) is -5.26. The number of halogens is 6. The van der Waals surface area contributed by atoms with Crippen LogP contribution in [0.15, 0.2) is 12.1 Å². The van der Waals surface area contributed by atoms with Crippen molar-refractivity contribution in [2.45, 2.75) is 38.1 Å². The van der Waals surface area contributed by atoms with Crippen molar-refractivity contribution in [3.63, 3.8) is 0 Å². The van der Waals surface area contributed by atoms with E-state index < -0.39 is 61.6 Å². The Morgan fingerprint density at radius 2 is 1.85 bits per heavy atom. The minimum absolute atomic E-state index is 0.0253. The van der Waals surface area contributed by atoms with Crippen LogP contribution in [-0.4, -0.2) is 43.4 Å². The van der Waals surface area contributed by atoms with Crippen LogP contribution in [0.1, 0.15) is 23.6 Å². The third kappa shape index (κ3) is 6.91. The second kappa shape index (κ2) is 11.0. The van der Waals surface area contributed by atoms with E-state index in [0.717, 1.165) is 10.6 Å². The molecule has 2 heterocycles. The molecular weight excluding hydrogens is 487 g/mol. The molecule has 2 aromatic rings.